The number of rotatable bonds is 6. The van der Waals surface area contributed by atoms with E-state index in [2.05, 4.69) is 25.3 Å². The van der Waals surface area contributed by atoms with Crippen molar-refractivity contribution in [1.82, 2.24) is 19.9 Å². The van der Waals surface area contributed by atoms with E-state index in [0.29, 0.717) is 28.4 Å². The third-order valence-electron chi connectivity index (χ3n) is 3.69. The van der Waals surface area contributed by atoms with Crippen LogP contribution in [0.5, 0.6) is 17.4 Å². The van der Waals surface area contributed by atoms with Gasteiger partial charge in [0.1, 0.15) is 0 Å². The van der Waals surface area contributed by atoms with E-state index >= 15 is 0 Å². The van der Waals surface area contributed by atoms with Crippen molar-refractivity contribution in [1.29, 1.82) is 0 Å². The van der Waals surface area contributed by atoms with E-state index in [1.54, 1.807) is 26.5 Å². The summed E-state index contributed by atoms with van der Waals surface area (Å²) < 4.78 is 16.4. The fourth-order valence-electron chi connectivity index (χ4n) is 2.54. The zero-order valence-corrected chi connectivity index (χ0v) is 16.3. The molecule has 0 aliphatic carbocycles. The molecule has 0 unspecified atom stereocenters. The molecule has 28 heavy (non-hydrogen) atoms. The summed E-state index contributed by atoms with van der Waals surface area (Å²) in [6, 6.07) is 5.46. The van der Waals surface area contributed by atoms with Crippen molar-refractivity contribution in [3.05, 3.63) is 24.4 Å². The molecule has 0 radical (unpaired) electrons. The van der Waals surface area contributed by atoms with Crippen molar-refractivity contribution in [2.24, 2.45) is 0 Å². The van der Waals surface area contributed by atoms with Crippen LogP contribution < -0.4 is 19.5 Å². The number of carbonyl (C=O) groups excluding carboxylic acids is 1. The molecule has 3 aromatic rings. The quantitative estimate of drug-likeness (QED) is 0.692. The van der Waals surface area contributed by atoms with Gasteiger partial charge in [0.15, 0.2) is 22.7 Å². The standard InChI is InChI=1S/C19H21N5O4/c1-10(2)28-18-16-17(23-19(24-18)21-11(3)25)20-9-13(22-16)12-6-7-14(26-4)15(8-12)27-5/h6-10H,1-5H3,(H,20,21,23,24,25). The van der Waals surface area contributed by atoms with Gasteiger partial charge in [-0.25, -0.2) is 9.97 Å². The van der Waals surface area contributed by atoms with Crippen molar-refractivity contribution in [2.45, 2.75) is 26.9 Å². The molecule has 1 amide bonds. The smallest absolute Gasteiger partial charge is 0.247 e. The maximum Gasteiger partial charge on any atom is 0.247 e. The summed E-state index contributed by atoms with van der Waals surface area (Å²) in [5.74, 6) is 1.28. The minimum atomic E-state index is -0.287. The van der Waals surface area contributed by atoms with Crippen molar-refractivity contribution in [3.63, 3.8) is 0 Å². The van der Waals surface area contributed by atoms with Gasteiger partial charge in [-0.3, -0.25) is 10.1 Å². The summed E-state index contributed by atoms with van der Waals surface area (Å²) in [5, 5.41) is 2.55. The highest BCUT2D eigenvalue weighted by atomic mass is 16.5. The molecule has 146 valence electrons. The molecule has 0 atom stereocenters. The molecule has 0 saturated heterocycles. The van der Waals surface area contributed by atoms with Gasteiger partial charge in [0.2, 0.25) is 17.7 Å². The van der Waals surface area contributed by atoms with Crippen LogP contribution in [0.25, 0.3) is 22.4 Å². The molecule has 9 heteroatoms. The van der Waals surface area contributed by atoms with E-state index in [1.807, 2.05) is 26.0 Å². The highest BCUT2D eigenvalue weighted by Gasteiger charge is 2.16. The second-order valence-electron chi connectivity index (χ2n) is 6.20. The summed E-state index contributed by atoms with van der Waals surface area (Å²) in [7, 11) is 3.15. The lowest BCUT2D eigenvalue weighted by molar-refractivity contribution is -0.114. The first kappa shape index (κ1) is 19.3. The lowest BCUT2D eigenvalue weighted by Crippen LogP contribution is -2.13. The summed E-state index contributed by atoms with van der Waals surface area (Å²) in [6.07, 6.45) is 1.45. The van der Waals surface area contributed by atoms with Gasteiger partial charge in [0, 0.05) is 12.5 Å². The lowest BCUT2D eigenvalue weighted by Gasteiger charge is -2.13. The number of nitrogens with zero attached hydrogens (tertiary/aromatic N) is 4. The molecule has 0 bridgehead atoms. The van der Waals surface area contributed by atoms with E-state index in [0.717, 1.165) is 5.56 Å². The van der Waals surface area contributed by atoms with Gasteiger partial charge in [0.25, 0.3) is 0 Å². The Kier molecular flexibility index (Phi) is 5.53. The molecular formula is C19H21N5O4. The molecule has 0 fully saturated rings. The first-order valence-electron chi connectivity index (χ1n) is 8.62. The number of hydrogen-bond acceptors (Lipinski definition) is 8. The van der Waals surface area contributed by atoms with Crippen LogP contribution in [0, 0.1) is 0 Å². The number of methoxy groups -OCH3 is 2. The normalized spacial score (nSPS) is 10.8. The third-order valence-corrected chi connectivity index (χ3v) is 3.69. The number of anilines is 1. The molecule has 3 rings (SSSR count). The maximum absolute atomic E-state index is 11.3. The first-order chi connectivity index (χ1) is 13.4. The van der Waals surface area contributed by atoms with Crippen LogP contribution in [0.4, 0.5) is 5.95 Å². The number of nitrogens with one attached hydrogen (secondary N) is 1. The van der Waals surface area contributed by atoms with Crippen molar-refractivity contribution in [2.75, 3.05) is 19.5 Å². The summed E-state index contributed by atoms with van der Waals surface area (Å²) >= 11 is 0. The van der Waals surface area contributed by atoms with Crippen LogP contribution in [-0.2, 0) is 4.79 Å². The predicted molar refractivity (Wildman–Crippen MR) is 104 cm³/mol. The SMILES string of the molecule is COc1ccc(-c2cnc3nc(NC(C)=O)nc(OC(C)C)c3n2)cc1OC. The average Bonchev–Trinajstić information content (AvgIpc) is 2.66. The number of hydrogen-bond donors (Lipinski definition) is 1. The Morgan fingerprint density at radius 3 is 2.46 bits per heavy atom. The number of fused-ring (bicyclic) bond motifs is 1. The van der Waals surface area contributed by atoms with Crippen molar-refractivity contribution in [3.8, 4) is 28.6 Å². The molecule has 0 aliphatic heterocycles. The maximum atomic E-state index is 11.3. The fourth-order valence-corrected chi connectivity index (χ4v) is 2.54. The van der Waals surface area contributed by atoms with Crippen LogP contribution >= 0.6 is 0 Å². The molecule has 0 spiro atoms. The van der Waals surface area contributed by atoms with E-state index in [4.69, 9.17) is 14.2 Å². The summed E-state index contributed by atoms with van der Waals surface area (Å²) in [5.41, 5.74) is 2.10. The lowest BCUT2D eigenvalue weighted by atomic mass is 10.1. The minimum Gasteiger partial charge on any atom is -0.493 e. The Balaban J connectivity index is 2.12. The van der Waals surface area contributed by atoms with Gasteiger partial charge in [-0.05, 0) is 32.0 Å². The van der Waals surface area contributed by atoms with Crippen LogP contribution in [-0.4, -0.2) is 46.2 Å². The molecule has 2 aromatic heterocycles. The van der Waals surface area contributed by atoms with Gasteiger partial charge in [-0.1, -0.05) is 0 Å². The predicted octanol–water partition coefficient (Wildman–Crippen LogP) is 2.85. The van der Waals surface area contributed by atoms with E-state index in [-0.39, 0.29) is 23.8 Å². The number of carbonyl (C=O) groups is 1. The summed E-state index contributed by atoms with van der Waals surface area (Å²) in [6.45, 7) is 5.12. The van der Waals surface area contributed by atoms with Crippen LogP contribution in [0.1, 0.15) is 20.8 Å². The number of aromatic nitrogens is 4. The number of benzene rings is 1. The Labute approximate surface area is 162 Å². The first-order valence-corrected chi connectivity index (χ1v) is 8.62. The van der Waals surface area contributed by atoms with Crippen LogP contribution in [0.3, 0.4) is 0 Å². The molecule has 1 aromatic carbocycles. The molecule has 2 heterocycles. The number of ether oxygens (including phenoxy) is 3. The molecule has 0 aliphatic rings. The molecule has 0 saturated carbocycles. The third kappa shape index (κ3) is 4.08. The zero-order valence-electron chi connectivity index (χ0n) is 16.3. The minimum absolute atomic E-state index is 0.115. The van der Waals surface area contributed by atoms with Crippen molar-refractivity contribution < 1.29 is 19.0 Å². The van der Waals surface area contributed by atoms with Gasteiger partial charge in [-0.15, -0.1) is 0 Å². The zero-order chi connectivity index (χ0) is 20.3. The van der Waals surface area contributed by atoms with Gasteiger partial charge >= 0.3 is 0 Å². The Morgan fingerprint density at radius 2 is 1.82 bits per heavy atom. The van der Waals surface area contributed by atoms with Gasteiger partial charge in [0.05, 0.1) is 32.2 Å². The molecule has 1 N–H and O–H groups in total. The number of amides is 1. The second kappa shape index (κ2) is 8.03. The Bertz CT molecular complexity index is 1020. The van der Waals surface area contributed by atoms with Gasteiger partial charge in [-0.2, -0.15) is 9.97 Å². The van der Waals surface area contributed by atoms with E-state index in [9.17, 15) is 4.79 Å². The highest BCUT2D eigenvalue weighted by molar-refractivity contribution is 5.88. The largest absolute Gasteiger partial charge is 0.493 e. The van der Waals surface area contributed by atoms with E-state index in [1.165, 1.54) is 6.92 Å². The molecular weight excluding hydrogens is 362 g/mol. The monoisotopic (exact) mass is 383 g/mol. The van der Waals surface area contributed by atoms with Gasteiger partial charge < -0.3 is 14.2 Å². The highest BCUT2D eigenvalue weighted by Crippen LogP contribution is 2.32. The van der Waals surface area contributed by atoms with Crippen LogP contribution in [0.2, 0.25) is 0 Å². The van der Waals surface area contributed by atoms with Crippen LogP contribution in [0.15, 0.2) is 24.4 Å². The van der Waals surface area contributed by atoms with E-state index < -0.39 is 0 Å². The second-order valence-corrected chi connectivity index (χ2v) is 6.20. The Morgan fingerprint density at radius 1 is 1.07 bits per heavy atom. The average molecular weight is 383 g/mol. The summed E-state index contributed by atoms with van der Waals surface area (Å²) in [4.78, 5) is 28.8. The Hall–Kier alpha value is -3.49. The van der Waals surface area contributed by atoms with Crippen molar-refractivity contribution >= 4 is 23.0 Å². The topological polar surface area (TPSA) is 108 Å². The molecule has 9 nitrogen and oxygen atoms in total. The fraction of sp³-hybridized carbons (Fsp3) is 0.316.